The van der Waals surface area contributed by atoms with Gasteiger partial charge in [0.1, 0.15) is 5.82 Å². The number of rotatable bonds is 4. The van der Waals surface area contributed by atoms with Gasteiger partial charge < -0.3 is 5.32 Å². The molecule has 0 saturated heterocycles. The number of aryl methyl sites for hydroxylation is 4. The molecular formula is C16H20N6. The highest BCUT2D eigenvalue weighted by Crippen LogP contribution is 2.19. The molecule has 0 spiro atoms. The summed E-state index contributed by atoms with van der Waals surface area (Å²) in [6, 6.07) is 2.04. The molecule has 0 aromatic carbocycles. The standard InChI is InChI=1S/C16H20N6/c1-5-13-6-15(19-9-14-8-17-10(2)7-18-14)22-16(20-13)11(3)12(4)21-22/h6-8,19H,5,9H2,1-4H3. The zero-order valence-corrected chi connectivity index (χ0v) is 13.4. The maximum absolute atomic E-state index is 4.67. The number of nitrogens with one attached hydrogen (secondary N) is 1. The summed E-state index contributed by atoms with van der Waals surface area (Å²) in [5.74, 6) is 0.931. The molecule has 0 atom stereocenters. The van der Waals surface area contributed by atoms with E-state index in [-0.39, 0.29) is 0 Å². The molecule has 1 N–H and O–H groups in total. The molecule has 3 rings (SSSR count). The zero-order chi connectivity index (χ0) is 15.7. The van der Waals surface area contributed by atoms with Crippen LogP contribution >= 0.6 is 0 Å². The molecule has 0 amide bonds. The topological polar surface area (TPSA) is 68.0 Å². The van der Waals surface area contributed by atoms with Gasteiger partial charge in [-0.3, -0.25) is 9.97 Å². The Bertz CT molecular complexity index is 804. The quantitative estimate of drug-likeness (QED) is 0.801. The molecule has 114 valence electrons. The first kappa shape index (κ1) is 14.4. The highest BCUT2D eigenvalue weighted by atomic mass is 15.3. The lowest BCUT2D eigenvalue weighted by Crippen LogP contribution is -2.09. The van der Waals surface area contributed by atoms with Gasteiger partial charge in [0.25, 0.3) is 0 Å². The van der Waals surface area contributed by atoms with Gasteiger partial charge in [0, 0.05) is 23.5 Å². The van der Waals surface area contributed by atoms with E-state index in [0.717, 1.165) is 46.2 Å². The normalized spacial score (nSPS) is 11.1. The molecule has 6 nitrogen and oxygen atoms in total. The van der Waals surface area contributed by atoms with Crippen molar-refractivity contribution in [2.75, 3.05) is 5.32 Å². The maximum Gasteiger partial charge on any atom is 0.160 e. The van der Waals surface area contributed by atoms with E-state index in [4.69, 9.17) is 0 Å². The Labute approximate surface area is 129 Å². The third-order valence-electron chi connectivity index (χ3n) is 3.76. The minimum atomic E-state index is 0.605. The second-order valence-corrected chi connectivity index (χ2v) is 5.43. The fourth-order valence-electron chi connectivity index (χ4n) is 2.28. The van der Waals surface area contributed by atoms with E-state index in [2.05, 4.69) is 39.2 Å². The molecule has 0 saturated carbocycles. The lowest BCUT2D eigenvalue weighted by molar-refractivity contribution is 0.880. The van der Waals surface area contributed by atoms with Crippen molar-refractivity contribution in [2.24, 2.45) is 0 Å². The van der Waals surface area contributed by atoms with Crippen molar-refractivity contribution in [2.45, 2.75) is 40.7 Å². The Morgan fingerprint density at radius 3 is 2.59 bits per heavy atom. The second kappa shape index (κ2) is 5.71. The molecule has 3 aromatic rings. The predicted octanol–water partition coefficient (Wildman–Crippen LogP) is 2.62. The molecule has 22 heavy (non-hydrogen) atoms. The number of hydrogen-bond acceptors (Lipinski definition) is 5. The van der Waals surface area contributed by atoms with E-state index in [1.165, 1.54) is 0 Å². The summed E-state index contributed by atoms with van der Waals surface area (Å²) in [6.45, 7) is 8.70. The van der Waals surface area contributed by atoms with Crippen LogP contribution in [-0.2, 0) is 13.0 Å². The largest absolute Gasteiger partial charge is 0.364 e. The molecule has 6 heteroatoms. The van der Waals surface area contributed by atoms with Gasteiger partial charge >= 0.3 is 0 Å². The molecular weight excluding hydrogens is 276 g/mol. The van der Waals surface area contributed by atoms with Gasteiger partial charge in [0.05, 0.1) is 29.8 Å². The van der Waals surface area contributed by atoms with Crippen LogP contribution < -0.4 is 5.32 Å². The number of nitrogens with zero attached hydrogens (tertiary/aromatic N) is 5. The summed E-state index contributed by atoms with van der Waals surface area (Å²) in [4.78, 5) is 13.3. The molecule has 0 aliphatic carbocycles. The first-order valence-electron chi connectivity index (χ1n) is 7.45. The number of fused-ring (bicyclic) bond motifs is 1. The van der Waals surface area contributed by atoms with Crippen LogP contribution in [0.2, 0.25) is 0 Å². The van der Waals surface area contributed by atoms with Crippen molar-refractivity contribution in [1.29, 1.82) is 0 Å². The van der Waals surface area contributed by atoms with Crippen LogP contribution in [0.25, 0.3) is 5.65 Å². The van der Waals surface area contributed by atoms with Crippen LogP contribution in [-0.4, -0.2) is 24.6 Å². The Balaban J connectivity index is 1.95. The van der Waals surface area contributed by atoms with Gasteiger partial charge in [-0.15, -0.1) is 0 Å². The van der Waals surface area contributed by atoms with Crippen LogP contribution in [0.3, 0.4) is 0 Å². The average molecular weight is 296 g/mol. The molecule has 3 heterocycles. The van der Waals surface area contributed by atoms with Gasteiger partial charge in [0.15, 0.2) is 5.65 Å². The van der Waals surface area contributed by atoms with Crippen molar-refractivity contribution >= 4 is 11.5 Å². The van der Waals surface area contributed by atoms with E-state index in [9.17, 15) is 0 Å². The Morgan fingerprint density at radius 2 is 1.91 bits per heavy atom. The lowest BCUT2D eigenvalue weighted by atomic mass is 10.2. The minimum Gasteiger partial charge on any atom is -0.364 e. The van der Waals surface area contributed by atoms with Crippen LogP contribution in [0.15, 0.2) is 18.5 Å². The molecule has 3 aromatic heterocycles. The van der Waals surface area contributed by atoms with Crippen molar-refractivity contribution in [3.63, 3.8) is 0 Å². The van der Waals surface area contributed by atoms with Gasteiger partial charge in [0.2, 0.25) is 0 Å². The van der Waals surface area contributed by atoms with Crippen LogP contribution in [0.1, 0.15) is 35.3 Å². The molecule has 0 bridgehead atoms. The van der Waals surface area contributed by atoms with Crippen LogP contribution in [0.4, 0.5) is 5.82 Å². The van der Waals surface area contributed by atoms with Gasteiger partial charge in [-0.05, 0) is 27.2 Å². The molecule has 0 aliphatic heterocycles. The summed E-state index contributed by atoms with van der Waals surface area (Å²) in [7, 11) is 0. The molecule has 0 unspecified atom stereocenters. The fourth-order valence-corrected chi connectivity index (χ4v) is 2.28. The maximum atomic E-state index is 4.67. The Morgan fingerprint density at radius 1 is 1.09 bits per heavy atom. The average Bonchev–Trinajstić information content (AvgIpc) is 2.82. The highest BCUT2D eigenvalue weighted by Gasteiger charge is 2.11. The van der Waals surface area contributed by atoms with E-state index in [1.807, 2.05) is 24.4 Å². The van der Waals surface area contributed by atoms with E-state index < -0.39 is 0 Å². The summed E-state index contributed by atoms with van der Waals surface area (Å²) >= 11 is 0. The Hall–Kier alpha value is -2.50. The molecule has 0 fully saturated rings. The van der Waals surface area contributed by atoms with Gasteiger partial charge in [-0.2, -0.15) is 9.61 Å². The smallest absolute Gasteiger partial charge is 0.160 e. The van der Waals surface area contributed by atoms with Crippen molar-refractivity contribution < 1.29 is 0 Å². The van der Waals surface area contributed by atoms with Gasteiger partial charge in [-0.25, -0.2) is 4.98 Å². The summed E-state index contributed by atoms with van der Waals surface area (Å²) in [5.41, 5.74) is 5.89. The summed E-state index contributed by atoms with van der Waals surface area (Å²) in [5, 5.41) is 7.97. The number of anilines is 1. The third-order valence-corrected chi connectivity index (χ3v) is 3.76. The molecule has 0 radical (unpaired) electrons. The minimum absolute atomic E-state index is 0.605. The summed E-state index contributed by atoms with van der Waals surface area (Å²) < 4.78 is 1.87. The highest BCUT2D eigenvalue weighted by molar-refractivity contribution is 5.56. The zero-order valence-electron chi connectivity index (χ0n) is 13.4. The fraction of sp³-hybridized carbons (Fsp3) is 0.375. The van der Waals surface area contributed by atoms with Crippen LogP contribution in [0, 0.1) is 20.8 Å². The Kier molecular flexibility index (Phi) is 3.75. The number of aromatic nitrogens is 5. The van der Waals surface area contributed by atoms with Gasteiger partial charge in [-0.1, -0.05) is 6.92 Å². The molecule has 0 aliphatic rings. The third kappa shape index (κ3) is 2.64. The SMILES string of the molecule is CCc1cc(NCc2cnc(C)cn2)n2nc(C)c(C)c2n1. The number of hydrogen-bond donors (Lipinski definition) is 1. The van der Waals surface area contributed by atoms with E-state index in [0.29, 0.717) is 6.54 Å². The predicted molar refractivity (Wildman–Crippen MR) is 85.9 cm³/mol. The lowest BCUT2D eigenvalue weighted by Gasteiger charge is -2.10. The van der Waals surface area contributed by atoms with Crippen molar-refractivity contribution in [1.82, 2.24) is 24.6 Å². The first-order valence-corrected chi connectivity index (χ1v) is 7.45. The van der Waals surface area contributed by atoms with Crippen molar-refractivity contribution in [3.8, 4) is 0 Å². The van der Waals surface area contributed by atoms with E-state index >= 15 is 0 Å². The second-order valence-electron chi connectivity index (χ2n) is 5.43. The first-order chi connectivity index (χ1) is 10.6. The summed E-state index contributed by atoms with van der Waals surface area (Å²) in [6.07, 6.45) is 4.46. The van der Waals surface area contributed by atoms with E-state index in [1.54, 1.807) is 12.4 Å². The van der Waals surface area contributed by atoms with Crippen molar-refractivity contribution in [3.05, 3.63) is 46.8 Å². The van der Waals surface area contributed by atoms with Crippen LogP contribution in [0.5, 0.6) is 0 Å². The monoisotopic (exact) mass is 296 g/mol.